The zero-order valence-electron chi connectivity index (χ0n) is 21.4. The lowest BCUT2D eigenvalue weighted by molar-refractivity contribution is -0.116. The second-order valence-electron chi connectivity index (χ2n) is 9.42. The van der Waals surface area contributed by atoms with Crippen molar-refractivity contribution in [2.45, 2.75) is 32.1 Å². The van der Waals surface area contributed by atoms with E-state index < -0.39 is 5.92 Å². The third-order valence-corrected chi connectivity index (χ3v) is 7.03. The number of hydrazone groups is 1. The minimum Gasteiger partial charge on any atom is -0.497 e. The second-order valence-corrected chi connectivity index (χ2v) is 9.85. The second kappa shape index (κ2) is 11.0. The number of anilines is 1. The summed E-state index contributed by atoms with van der Waals surface area (Å²) in [6, 6.07) is 21.5. The molecule has 0 amide bonds. The average Bonchev–Trinajstić information content (AvgIpc) is 3.37. The third kappa shape index (κ3) is 5.53. The van der Waals surface area contributed by atoms with Crippen LogP contribution in [0.4, 0.5) is 5.95 Å². The molecule has 0 saturated heterocycles. The number of ether oxygens (including phenoxy) is 1. The van der Waals surface area contributed by atoms with Crippen molar-refractivity contribution in [3.8, 4) is 5.75 Å². The number of benzene rings is 3. The maximum absolute atomic E-state index is 13.6. The summed E-state index contributed by atoms with van der Waals surface area (Å²) in [5.41, 5.74) is 9.21. The van der Waals surface area contributed by atoms with Crippen LogP contribution in [-0.2, 0) is 4.79 Å². The number of aromatic nitrogens is 3. The first kappa shape index (κ1) is 25.4. The van der Waals surface area contributed by atoms with Crippen LogP contribution in [0.1, 0.15) is 51.9 Å². The van der Waals surface area contributed by atoms with E-state index in [1.165, 1.54) is 5.56 Å². The van der Waals surface area contributed by atoms with E-state index in [1.54, 1.807) is 19.4 Å². The lowest BCUT2D eigenvalue weighted by atomic mass is 9.73. The number of allylic oxidation sites excluding steroid dienone is 2. The number of hydrogen-bond donors (Lipinski definition) is 2. The summed E-state index contributed by atoms with van der Waals surface area (Å²) < 4.78 is 5.18. The van der Waals surface area contributed by atoms with Crippen molar-refractivity contribution in [2.75, 3.05) is 12.5 Å². The molecule has 0 fully saturated rings. The van der Waals surface area contributed by atoms with E-state index in [0.29, 0.717) is 17.3 Å². The van der Waals surface area contributed by atoms with Gasteiger partial charge in [-0.25, -0.2) is 5.43 Å². The van der Waals surface area contributed by atoms with E-state index in [4.69, 9.17) is 16.3 Å². The molecule has 2 unspecified atom stereocenters. The zero-order chi connectivity index (χ0) is 26.6. The Hall–Kier alpha value is -4.23. The summed E-state index contributed by atoms with van der Waals surface area (Å²) in [6.07, 6.45) is 4.10. The number of nitrogens with one attached hydrogen (secondary N) is 2. The van der Waals surface area contributed by atoms with Crippen molar-refractivity contribution >= 4 is 35.1 Å². The van der Waals surface area contributed by atoms with E-state index in [1.807, 2.05) is 48.5 Å². The third-order valence-electron chi connectivity index (χ3n) is 6.78. The molecule has 1 aliphatic rings. The largest absolute Gasteiger partial charge is 0.497 e. The number of nitrogens with zero attached hydrogens (tertiary/aromatic N) is 3. The van der Waals surface area contributed by atoms with Gasteiger partial charge < -0.3 is 4.74 Å². The fourth-order valence-corrected chi connectivity index (χ4v) is 5.02. The molecule has 2 N–H and O–H groups in total. The molecule has 0 saturated carbocycles. The minimum atomic E-state index is -0.515. The SMILES string of the molecule is COc1ccc(/C=N/Nc2n[nH]c(C3C(=O)C=C(c4ccc(C)cc4C)CC3c3ccc(Cl)cc3)n2)cc1. The molecule has 2 atom stereocenters. The number of methoxy groups -OCH3 is 1. The summed E-state index contributed by atoms with van der Waals surface area (Å²) in [7, 11) is 1.63. The van der Waals surface area contributed by atoms with Crippen LogP contribution in [-0.4, -0.2) is 34.3 Å². The number of H-pyrrole nitrogens is 1. The molecule has 3 aromatic carbocycles. The molecule has 1 heterocycles. The first-order chi connectivity index (χ1) is 18.4. The summed E-state index contributed by atoms with van der Waals surface area (Å²) >= 11 is 6.17. The van der Waals surface area contributed by atoms with Crippen LogP contribution < -0.4 is 10.2 Å². The van der Waals surface area contributed by atoms with Crippen molar-refractivity contribution in [3.05, 3.63) is 111 Å². The maximum atomic E-state index is 13.6. The van der Waals surface area contributed by atoms with Gasteiger partial charge in [-0.05, 0) is 90.6 Å². The highest BCUT2D eigenvalue weighted by molar-refractivity contribution is 6.30. The Kier molecular flexibility index (Phi) is 7.38. The molecule has 1 aromatic heterocycles. The highest BCUT2D eigenvalue weighted by Crippen LogP contribution is 2.44. The van der Waals surface area contributed by atoms with Gasteiger partial charge in [0.25, 0.3) is 5.95 Å². The van der Waals surface area contributed by atoms with Gasteiger partial charge in [-0.1, -0.05) is 47.5 Å². The van der Waals surface area contributed by atoms with Gasteiger partial charge in [0.15, 0.2) is 5.78 Å². The molecule has 4 aromatic rings. The number of carbonyl (C=O) groups excluding carboxylic acids is 1. The molecule has 1 aliphatic carbocycles. The highest BCUT2D eigenvalue weighted by atomic mass is 35.5. The Morgan fingerprint density at radius 3 is 2.55 bits per heavy atom. The van der Waals surface area contributed by atoms with Crippen molar-refractivity contribution in [3.63, 3.8) is 0 Å². The van der Waals surface area contributed by atoms with E-state index in [2.05, 4.69) is 57.8 Å². The molecule has 5 rings (SSSR count). The Labute approximate surface area is 226 Å². The number of carbonyl (C=O) groups is 1. The minimum absolute atomic E-state index is 0.0180. The van der Waals surface area contributed by atoms with Crippen molar-refractivity contribution in [1.82, 2.24) is 15.2 Å². The Balaban J connectivity index is 1.42. The topological polar surface area (TPSA) is 92.3 Å². The number of aromatic amines is 1. The summed E-state index contributed by atoms with van der Waals surface area (Å²) in [5.74, 6) is 0.888. The van der Waals surface area contributed by atoms with Crippen LogP contribution in [0, 0.1) is 13.8 Å². The number of hydrogen-bond acceptors (Lipinski definition) is 6. The standard InChI is InChI=1S/C30H28ClN5O2/c1-18-4-13-25(19(2)14-18)22-15-26(21-7-9-23(31)10-8-21)28(27(37)16-22)29-33-30(36-34-29)35-32-17-20-5-11-24(38-3)12-6-20/h4-14,16-17,26,28H,15H2,1-3H3,(H2,33,34,35,36)/b32-17+. The van der Waals surface area contributed by atoms with E-state index in [9.17, 15) is 4.79 Å². The molecular weight excluding hydrogens is 498 g/mol. The van der Waals surface area contributed by atoms with Crippen LogP contribution in [0.25, 0.3) is 5.57 Å². The Morgan fingerprint density at radius 2 is 1.84 bits per heavy atom. The van der Waals surface area contributed by atoms with E-state index in [-0.39, 0.29) is 17.6 Å². The molecule has 0 aliphatic heterocycles. The normalized spacial score (nSPS) is 17.5. The number of ketones is 1. The molecule has 38 heavy (non-hydrogen) atoms. The molecule has 192 valence electrons. The molecule has 0 bridgehead atoms. The maximum Gasteiger partial charge on any atom is 0.262 e. The zero-order valence-corrected chi connectivity index (χ0v) is 22.2. The van der Waals surface area contributed by atoms with E-state index >= 15 is 0 Å². The number of aryl methyl sites for hydroxylation is 2. The first-order valence-electron chi connectivity index (χ1n) is 12.3. The Morgan fingerprint density at radius 1 is 1.08 bits per heavy atom. The monoisotopic (exact) mass is 525 g/mol. The molecule has 0 radical (unpaired) electrons. The average molecular weight is 526 g/mol. The van der Waals surface area contributed by atoms with Crippen molar-refractivity contribution < 1.29 is 9.53 Å². The van der Waals surface area contributed by atoms with Gasteiger partial charge in [0, 0.05) is 10.9 Å². The highest BCUT2D eigenvalue weighted by Gasteiger charge is 2.37. The first-order valence-corrected chi connectivity index (χ1v) is 12.7. The Bertz CT molecular complexity index is 1510. The van der Waals surface area contributed by atoms with Gasteiger partial charge in [-0.2, -0.15) is 10.1 Å². The molecule has 7 nitrogen and oxygen atoms in total. The van der Waals surface area contributed by atoms with Gasteiger partial charge in [-0.3, -0.25) is 9.89 Å². The van der Waals surface area contributed by atoms with Gasteiger partial charge in [0.05, 0.1) is 19.2 Å². The van der Waals surface area contributed by atoms with Crippen LogP contribution >= 0.6 is 11.6 Å². The lowest BCUT2D eigenvalue weighted by Gasteiger charge is -2.30. The van der Waals surface area contributed by atoms with Gasteiger partial charge >= 0.3 is 0 Å². The molecule has 8 heteroatoms. The van der Waals surface area contributed by atoms with Gasteiger partial charge in [0.1, 0.15) is 11.6 Å². The quantitative estimate of drug-likeness (QED) is 0.213. The van der Waals surface area contributed by atoms with Gasteiger partial charge in [-0.15, -0.1) is 5.10 Å². The van der Waals surface area contributed by atoms with Crippen molar-refractivity contribution in [1.29, 1.82) is 0 Å². The van der Waals surface area contributed by atoms with Gasteiger partial charge in [0.2, 0.25) is 0 Å². The van der Waals surface area contributed by atoms with Crippen molar-refractivity contribution in [2.24, 2.45) is 5.10 Å². The van der Waals surface area contributed by atoms with Crippen LogP contribution in [0.2, 0.25) is 5.02 Å². The number of halogens is 1. The fraction of sp³-hybridized carbons (Fsp3) is 0.200. The van der Waals surface area contributed by atoms with Crippen LogP contribution in [0.15, 0.2) is 77.9 Å². The lowest BCUT2D eigenvalue weighted by Crippen LogP contribution is -2.25. The summed E-state index contributed by atoms with van der Waals surface area (Å²) in [4.78, 5) is 18.2. The predicted octanol–water partition coefficient (Wildman–Crippen LogP) is 6.45. The summed E-state index contributed by atoms with van der Waals surface area (Å²) in [5, 5.41) is 12.1. The van der Waals surface area contributed by atoms with Crippen LogP contribution in [0.5, 0.6) is 5.75 Å². The summed E-state index contributed by atoms with van der Waals surface area (Å²) in [6.45, 7) is 4.15. The molecular formula is C30H28ClN5O2. The number of rotatable bonds is 7. The fourth-order valence-electron chi connectivity index (χ4n) is 4.90. The smallest absolute Gasteiger partial charge is 0.262 e. The molecule has 0 spiro atoms. The predicted molar refractivity (Wildman–Crippen MR) is 151 cm³/mol. The van der Waals surface area contributed by atoms with Crippen LogP contribution in [0.3, 0.4) is 0 Å². The van der Waals surface area contributed by atoms with E-state index in [0.717, 1.165) is 33.6 Å².